The molecule has 0 aromatic heterocycles. The fourth-order valence-corrected chi connectivity index (χ4v) is 7.99. The van der Waals surface area contributed by atoms with Gasteiger partial charge < -0.3 is 19.9 Å². The Balaban J connectivity index is 1.20. The van der Waals surface area contributed by atoms with Gasteiger partial charge in [-0.1, -0.05) is 72.3 Å². The fourth-order valence-electron chi connectivity index (χ4n) is 6.62. The monoisotopic (exact) mass is 640 g/mol. The Hall–Kier alpha value is -4.51. The van der Waals surface area contributed by atoms with Crippen LogP contribution in [0.5, 0.6) is 0 Å². The normalized spacial score (nSPS) is 14.7. The second-order valence-electron chi connectivity index (χ2n) is 11.8. The fraction of sp³-hybridized carbons (Fsp3) is 0.278. The second-order valence-corrected chi connectivity index (χ2v) is 13.7. The minimum atomic E-state index is -3.78. The number of hydrogen-bond donors (Lipinski definition) is 2. The van der Waals surface area contributed by atoms with E-state index in [9.17, 15) is 23.1 Å². The molecule has 1 aliphatic heterocycles. The van der Waals surface area contributed by atoms with Gasteiger partial charge in [-0.15, -0.1) is 0 Å². The third-order valence-electron chi connectivity index (χ3n) is 9.01. The van der Waals surface area contributed by atoms with Crippen LogP contribution in [-0.4, -0.2) is 49.7 Å². The van der Waals surface area contributed by atoms with E-state index in [2.05, 4.69) is 17.4 Å². The van der Waals surface area contributed by atoms with Gasteiger partial charge in [-0.3, -0.25) is 0 Å². The Labute approximate surface area is 268 Å². The first-order chi connectivity index (χ1) is 22.1. The van der Waals surface area contributed by atoms with Gasteiger partial charge in [0.25, 0.3) is 0 Å². The highest BCUT2D eigenvalue weighted by atomic mass is 32.2. The number of aryl methyl sites for hydroxylation is 2. The van der Waals surface area contributed by atoms with Crippen LogP contribution in [0.15, 0.2) is 83.8 Å². The SMILES string of the molecule is COC(=O)C(Cc1cc(C)c2c(c1CO)CN(S(=O)(=O)c1ccc(C)cc1)C2)NC(=O)OCC1c2ccccc2-c2ccccc21. The third kappa shape index (κ3) is 5.79. The van der Waals surface area contributed by atoms with E-state index in [4.69, 9.17) is 9.47 Å². The molecule has 2 aliphatic rings. The molecular weight excluding hydrogens is 604 g/mol. The molecule has 0 spiro atoms. The van der Waals surface area contributed by atoms with Crippen molar-refractivity contribution in [2.24, 2.45) is 0 Å². The van der Waals surface area contributed by atoms with E-state index in [1.165, 1.54) is 11.4 Å². The van der Waals surface area contributed by atoms with Crippen molar-refractivity contribution < 1.29 is 32.6 Å². The number of carbonyl (C=O) groups is 2. The lowest BCUT2D eigenvalue weighted by molar-refractivity contribution is -0.143. The largest absolute Gasteiger partial charge is 0.467 e. The van der Waals surface area contributed by atoms with Gasteiger partial charge in [-0.2, -0.15) is 4.31 Å². The Morgan fingerprint density at radius 1 is 0.935 bits per heavy atom. The summed E-state index contributed by atoms with van der Waals surface area (Å²) in [5.41, 5.74) is 8.81. The van der Waals surface area contributed by atoms with Gasteiger partial charge in [0.05, 0.1) is 18.6 Å². The smallest absolute Gasteiger partial charge is 0.407 e. The number of ether oxygens (including phenoxy) is 2. The number of alkyl carbamates (subject to hydrolysis) is 1. The van der Waals surface area contributed by atoms with Crippen LogP contribution < -0.4 is 5.32 Å². The molecule has 0 radical (unpaired) electrons. The molecule has 4 aromatic rings. The van der Waals surface area contributed by atoms with Crippen LogP contribution in [0, 0.1) is 13.8 Å². The van der Waals surface area contributed by atoms with E-state index < -0.39 is 28.1 Å². The van der Waals surface area contributed by atoms with E-state index in [-0.39, 0.29) is 43.5 Å². The zero-order valence-corrected chi connectivity index (χ0v) is 26.8. The summed E-state index contributed by atoms with van der Waals surface area (Å²) < 4.78 is 39.0. The molecule has 1 aliphatic carbocycles. The standard InChI is InChI=1S/C36H36N2O7S/c1-22-12-14-25(15-13-22)46(42,43)38-18-30-23(2)16-24(32(20-39)31(30)19-38)17-34(35(40)44-3)37-36(41)45-21-33-28-10-6-4-8-26(28)27-9-5-7-11-29(27)33/h4-16,33-34,39H,17-21H2,1-3H3,(H,37,41). The number of aliphatic hydroxyl groups is 1. The number of nitrogens with zero attached hydrogens (tertiary/aromatic N) is 1. The highest BCUT2D eigenvalue weighted by Gasteiger charge is 2.35. The number of aliphatic hydroxyl groups excluding tert-OH is 1. The summed E-state index contributed by atoms with van der Waals surface area (Å²) in [5.74, 6) is -0.812. The highest BCUT2D eigenvalue weighted by Crippen LogP contribution is 2.44. The van der Waals surface area contributed by atoms with Crippen molar-refractivity contribution in [3.05, 3.63) is 123 Å². The zero-order chi connectivity index (χ0) is 32.6. The molecule has 9 nitrogen and oxygen atoms in total. The Morgan fingerprint density at radius 2 is 1.54 bits per heavy atom. The summed E-state index contributed by atoms with van der Waals surface area (Å²) >= 11 is 0. The summed E-state index contributed by atoms with van der Waals surface area (Å²) in [4.78, 5) is 26.2. The first kappa shape index (κ1) is 31.5. The molecule has 1 heterocycles. The second kappa shape index (κ2) is 12.7. The van der Waals surface area contributed by atoms with E-state index in [1.54, 1.807) is 24.3 Å². The van der Waals surface area contributed by atoms with Gasteiger partial charge >= 0.3 is 12.1 Å². The maximum absolute atomic E-state index is 13.5. The number of hydrogen-bond acceptors (Lipinski definition) is 7. The zero-order valence-electron chi connectivity index (χ0n) is 25.9. The van der Waals surface area contributed by atoms with Crippen molar-refractivity contribution in [2.75, 3.05) is 13.7 Å². The van der Waals surface area contributed by atoms with E-state index in [0.29, 0.717) is 16.7 Å². The minimum absolute atomic E-state index is 0.0194. The van der Waals surface area contributed by atoms with E-state index >= 15 is 0 Å². The molecule has 1 unspecified atom stereocenters. The Morgan fingerprint density at radius 3 is 2.15 bits per heavy atom. The molecule has 10 heteroatoms. The number of nitrogens with one attached hydrogen (secondary N) is 1. The molecule has 238 valence electrons. The predicted octanol–water partition coefficient (Wildman–Crippen LogP) is 5.12. The molecule has 1 atom stereocenters. The average molecular weight is 641 g/mol. The molecule has 6 rings (SSSR count). The number of sulfonamides is 1. The maximum Gasteiger partial charge on any atom is 0.407 e. The predicted molar refractivity (Wildman–Crippen MR) is 172 cm³/mol. The highest BCUT2D eigenvalue weighted by molar-refractivity contribution is 7.89. The number of carbonyl (C=O) groups excluding carboxylic acids is 2. The Bertz CT molecular complexity index is 1880. The summed E-state index contributed by atoms with van der Waals surface area (Å²) in [6, 6.07) is 23.5. The molecule has 1 amide bonds. The van der Waals surface area contributed by atoms with Crippen molar-refractivity contribution in [3.63, 3.8) is 0 Å². The molecule has 0 fully saturated rings. The summed E-state index contributed by atoms with van der Waals surface area (Å²) in [6.07, 6.45) is -0.748. The van der Waals surface area contributed by atoms with Crippen LogP contribution in [0.3, 0.4) is 0 Å². The van der Waals surface area contributed by atoms with Crippen molar-refractivity contribution >= 4 is 22.1 Å². The lowest BCUT2D eigenvalue weighted by Gasteiger charge is -2.21. The number of amides is 1. The number of rotatable bonds is 9. The lowest BCUT2D eigenvalue weighted by Crippen LogP contribution is -2.43. The minimum Gasteiger partial charge on any atom is -0.467 e. The van der Waals surface area contributed by atoms with Crippen molar-refractivity contribution in [2.45, 2.75) is 56.8 Å². The van der Waals surface area contributed by atoms with Gasteiger partial charge in [-0.25, -0.2) is 18.0 Å². The molecule has 0 saturated heterocycles. The average Bonchev–Trinajstić information content (AvgIpc) is 3.65. The molecule has 4 aromatic carbocycles. The Kier molecular flexibility index (Phi) is 8.69. The number of esters is 1. The van der Waals surface area contributed by atoms with Gasteiger partial charge in [0.1, 0.15) is 12.6 Å². The molecular formula is C36H36N2O7S. The van der Waals surface area contributed by atoms with Gasteiger partial charge in [0.2, 0.25) is 10.0 Å². The van der Waals surface area contributed by atoms with Crippen molar-refractivity contribution in [1.82, 2.24) is 9.62 Å². The van der Waals surface area contributed by atoms with Gasteiger partial charge in [-0.05, 0) is 76.1 Å². The third-order valence-corrected chi connectivity index (χ3v) is 10.8. The first-order valence-electron chi connectivity index (χ1n) is 15.1. The van der Waals surface area contributed by atoms with Crippen LogP contribution in [0.25, 0.3) is 11.1 Å². The molecule has 46 heavy (non-hydrogen) atoms. The lowest BCUT2D eigenvalue weighted by atomic mass is 9.91. The van der Waals surface area contributed by atoms with Crippen LogP contribution in [0.1, 0.15) is 50.4 Å². The molecule has 2 N–H and O–H groups in total. The van der Waals surface area contributed by atoms with Crippen LogP contribution >= 0.6 is 0 Å². The van der Waals surface area contributed by atoms with Crippen molar-refractivity contribution in [1.29, 1.82) is 0 Å². The first-order valence-corrected chi connectivity index (χ1v) is 16.6. The van der Waals surface area contributed by atoms with Gasteiger partial charge in [0, 0.05) is 25.4 Å². The van der Waals surface area contributed by atoms with Crippen LogP contribution in [0.2, 0.25) is 0 Å². The quantitative estimate of drug-likeness (QED) is 0.244. The molecule has 0 saturated carbocycles. The summed E-state index contributed by atoms with van der Waals surface area (Å²) in [5, 5.41) is 13.1. The van der Waals surface area contributed by atoms with E-state index in [1.807, 2.05) is 56.3 Å². The van der Waals surface area contributed by atoms with Crippen LogP contribution in [-0.2, 0) is 50.4 Å². The number of fused-ring (bicyclic) bond motifs is 4. The van der Waals surface area contributed by atoms with Gasteiger partial charge in [0.15, 0.2) is 0 Å². The maximum atomic E-state index is 13.5. The number of benzene rings is 4. The van der Waals surface area contributed by atoms with Crippen molar-refractivity contribution in [3.8, 4) is 11.1 Å². The summed E-state index contributed by atoms with van der Waals surface area (Å²) in [7, 11) is -2.54. The topological polar surface area (TPSA) is 122 Å². The summed E-state index contributed by atoms with van der Waals surface area (Å²) in [6.45, 7) is 3.73. The number of methoxy groups -OCH3 is 1. The molecule has 0 bridgehead atoms. The van der Waals surface area contributed by atoms with E-state index in [0.717, 1.165) is 38.9 Å². The van der Waals surface area contributed by atoms with Crippen LogP contribution in [0.4, 0.5) is 4.79 Å².